The van der Waals surface area contributed by atoms with Gasteiger partial charge in [-0.2, -0.15) is 0 Å². The van der Waals surface area contributed by atoms with E-state index in [0.717, 1.165) is 28.8 Å². The summed E-state index contributed by atoms with van der Waals surface area (Å²) in [5.41, 5.74) is 2.29. The van der Waals surface area contributed by atoms with Gasteiger partial charge < -0.3 is 15.0 Å². The number of carbonyl (C=O) groups is 2. The standard InChI is InChI=1S/C24H21BrN2O3/c25-19-7-11-21(12-8-19)30-22-13-9-20(10-14-22)26-24(29)18-5-3-17(4-6-18)16-27-15-1-2-23(27)28/h3-14H,1-2,15-16H2,(H,26,29). The predicted molar refractivity (Wildman–Crippen MR) is 120 cm³/mol. The molecule has 0 aliphatic carbocycles. The minimum Gasteiger partial charge on any atom is -0.457 e. The SMILES string of the molecule is O=C(Nc1ccc(Oc2ccc(Br)cc2)cc1)c1ccc(CN2CCCC2=O)cc1. The van der Waals surface area contributed by atoms with Crippen LogP contribution < -0.4 is 10.1 Å². The van der Waals surface area contributed by atoms with Crippen LogP contribution in [0.5, 0.6) is 11.5 Å². The summed E-state index contributed by atoms with van der Waals surface area (Å²) in [4.78, 5) is 26.1. The highest BCUT2D eigenvalue weighted by atomic mass is 79.9. The van der Waals surface area contributed by atoms with Crippen molar-refractivity contribution in [3.05, 3.63) is 88.4 Å². The number of carbonyl (C=O) groups excluding carboxylic acids is 2. The number of likely N-dealkylation sites (tertiary alicyclic amines) is 1. The lowest BCUT2D eigenvalue weighted by molar-refractivity contribution is -0.128. The first kappa shape index (κ1) is 20.2. The fourth-order valence-electron chi connectivity index (χ4n) is 3.30. The molecule has 0 bridgehead atoms. The molecule has 152 valence electrons. The molecule has 0 spiro atoms. The van der Waals surface area contributed by atoms with Crippen LogP contribution in [0.2, 0.25) is 0 Å². The van der Waals surface area contributed by atoms with Gasteiger partial charge in [0.1, 0.15) is 11.5 Å². The molecule has 1 N–H and O–H groups in total. The molecule has 1 fully saturated rings. The third-order valence-corrected chi connectivity index (χ3v) is 5.45. The number of hydrogen-bond acceptors (Lipinski definition) is 3. The van der Waals surface area contributed by atoms with Gasteiger partial charge in [-0.05, 0) is 72.6 Å². The number of nitrogens with zero attached hydrogens (tertiary/aromatic N) is 1. The van der Waals surface area contributed by atoms with E-state index < -0.39 is 0 Å². The average molecular weight is 465 g/mol. The first-order valence-electron chi connectivity index (χ1n) is 9.78. The summed E-state index contributed by atoms with van der Waals surface area (Å²) in [6.45, 7) is 1.41. The second-order valence-corrected chi connectivity index (χ2v) is 8.07. The van der Waals surface area contributed by atoms with Crippen molar-refractivity contribution in [3.8, 4) is 11.5 Å². The second-order valence-electron chi connectivity index (χ2n) is 7.15. The van der Waals surface area contributed by atoms with Gasteiger partial charge in [-0.3, -0.25) is 9.59 Å². The summed E-state index contributed by atoms with van der Waals surface area (Å²) in [5.74, 6) is 1.45. The Hall–Kier alpha value is -3.12. The first-order valence-corrected chi connectivity index (χ1v) is 10.6. The number of benzene rings is 3. The fourth-order valence-corrected chi connectivity index (χ4v) is 3.57. The van der Waals surface area contributed by atoms with Crippen LogP contribution in [0, 0.1) is 0 Å². The lowest BCUT2D eigenvalue weighted by Crippen LogP contribution is -2.23. The topological polar surface area (TPSA) is 58.6 Å². The van der Waals surface area contributed by atoms with Gasteiger partial charge in [-0.15, -0.1) is 0 Å². The zero-order valence-electron chi connectivity index (χ0n) is 16.3. The van der Waals surface area contributed by atoms with Crippen molar-refractivity contribution in [2.45, 2.75) is 19.4 Å². The Morgan fingerprint density at radius 3 is 2.17 bits per heavy atom. The molecular weight excluding hydrogens is 444 g/mol. The van der Waals surface area contributed by atoms with E-state index >= 15 is 0 Å². The Morgan fingerprint density at radius 2 is 1.57 bits per heavy atom. The first-order chi connectivity index (χ1) is 14.6. The Kier molecular flexibility index (Phi) is 6.14. The summed E-state index contributed by atoms with van der Waals surface area (Å²) >= 11 is 3.40. The van der Waals surface area contributed by atoms with E-state index in [4.69, 9.17) is 4.74 Å². The maximum atomic E-state index is 12.5. The maximum Gasteiger partial charge on any atom is 0.255 e. The molecule has 6 heteroatoms. The van der Waals surface area contributed by atoms with Crippen LogP contribution in [-0.2, 0) is 11.3 Å². The van der Waals surface area contributed by atoms with Crippen LogP contribution in [0.3, 0.4) is 0 Å². The van der Waals surface area contributed by atoms with Crippen LogP contribution in [0.1, 0.15) is 28.8 Å². The molecule has 3 aromatic rings. The highest BCUT2D eigenvalue weighted by Gasteiger charge is 2.20. The number of nitrogens with one attached hydrogen (secondary N) is 1. The van der Waals surface area contributed by atoms with Crippen LogP contribution in [-0.4, -0.2) is 23.3 Å². The van der Waals surface area contributed by atoms with Gasteiger partial charge in [0.2, 0.25) is 5.91 Å². The van der Waals surface area contributed by atoms with Gasteiger partial charge in [0.25, 0.3) is 5.91 Å². The summed E-state index contributed by atoms with van der Waals surface area (Å²) in [5, 5.41) is 2.89. The second kappa shape index (κ2) is 9.13. The van der Waals surface area contributed by atoms with Gasteiger partial charge >= 0.3 is 0 Å². The molecule has 1 aliphatic heterocycles. The third kappa shape index (κ3) is 5.07. The van der Waals surface area contributed by atoms with E-state index in [1.54, 1.807) is 24.3 Å². The summed E-state index contributed by atoms with van der Waals surface area (Å²) < 4.78 is 6.78. The molecule has 5 nitrogen and oxygen atoms in total. The van der Waals surface area contributed by atoms with E-state index in [2.05, 4.69) is 21.2 Å². The van der Waals surface area contributed by atoms with Gasteiger partial charge in [-0.1, -0.05) is 28.1 Å². The Balaban J connectivity index is 1.34. The molecule has 0 atom stereocenters. The van der Waals surface area contributed by atoms with Gasteiger partial charge in [0, 0.05) is 35.2 Å². The molecule has 2 amide bonds. The normalized spacial score (nSPS) is 13.4. The lowest BCUT2D eigenvalue weighted by atomic mass is 10.1. The fraction of sp³-hybridized carbons (Fsp3) is 0.167. The Morgan fingerprint density at radius 1 is 0.933 bits per heavy atom. The molecule has 30 heavy (non-hydrogen) atoms. The van der Waals surface area contributed by atoms with Crippen molar-refractivity contribution < 1.29 is 14.3 Å². The molecule has 0 radical (unpaired) electrons. The van der Waals surface area contributed by atoms with Gasteiger partial charge in [0.15, 0.2) is 0 Å². The van der Waals surface area contributed by atoms with Crippen LogP contribution in [0.25, 0.3) is 0 Å². The summed E-state index contributed by atoms with van der Waals surface area (Å²) in [6, 6.07) is 22.2. The number of rotatable bonds is 6. The molecule has 0 unspecified atom stereocenters. The molecule has 1 saturated heterocycles. The number of hydrogen-bond donors (Lipinski definition) is 1. The highest BCUT2D eigenvalue weighted by molar-refractivity contribution is 9.10. The largest absolute Gasteiger partial charge is 0.457 e. The molecule has 1 aliphatic rings. The van der Waals surface area contributed by atoms with E-state index in [1.807, 2.05) is 53.4 Å². The highest BCUT2D eigenvalue weighted by Crippen LogP contribution is 2.25. The summed E-state index contributed by atoms with van der Waals surface area (Å²) in [7, 11) is 0. The Labute approximate surface area is 183 Å². The number of halogens is 1. The minimum atomic E-state index is -0.180. The predicted octanol–water partition coefficient (Wildman–Crippen LogP) is 5.62. The van der Waals surface area contributed by atoms with Gasteiger partial charge in [-0.25, -0.2) is 0 Å². The summed E-state index contributed by atoms with van der Waals surface area (Å²) in [6.07, 6.45) is 1.56. The van der Waals surface area contributed by atoms with Crippen molar-refractivity contribution in [2.24, 2.45) is 0 Å². The Bertz CT molecular complexity index is 1030. The molecule has 4 rings (SSSR count). The minimum absolute atomic E-state index is 0.180. The van der Waals surface area contributed by atoms with E-state index in [0.29, 0.717) is 30.0 Å². The maximum absolute atomic E-state index is 12.5. The lowest BCUT2D eigenvalue weighted by Gasteiger charge is -2.15. The van der Waals surface area contributed by atoms with Crippen molar-refractivity contribution in [2.75, 3.05) is 11.9 Å². The molecule has 0 saturated carbocycles. The zero-order chi connectivity index (χ0) is 20.9. The van der Waals surface area contributed by atoms with Crippen LogP contribution in [0.15, 0.2) is 77.3 Å². The van der Waals surface area contributed by atoms with Crippen molar-refractivity contribution in [1.82, 2.24) is 4.90 Å². The quantitative estimate of drug-likeness (QED) is 0.515. The zero-order valence-corrected chi connectivity index (χ0v) is 17.9. The molecule has 1 heterocycles. The number of anilines is 1. The smallest absolute Gasteiger partial charge is 0.255 e. The van der Waals surface area contributed by atoms with Crippen molar-refractivity contribution >= 4 is 33.4 Å². The van der Waals surface area contributed by atoms with Crippen LogP contribution in [0.4, 0.5) is 5.69 Å². The van der Waals surface area contributed by atoms with Crippen LogP contribution >= 0.6 is 15.9 Å². The monoisotopic (exact) mass is 464 g/mol. The molecule has 3 aromatic carbocycles. The third-order valence-electron chi connectivity index (χ3n) is 4.92. The van der Waals surface area contributed by atoms with Crippen molar-refractivity contribution in [3.63, 3.8) is 0 Å². The number of amides is 2. The average Bonchev–Trinajstić information content (AvgIpc) is 3.16. The van der Waals surface area contributed by atoms with E-state index in [-0.39, 0.29) is 11.8 Å². The molecular formula is C24H21BrN2O3. The molecule has 0 aromatic heterocycles. The van der Waals surface area contributed by atoms with Crippen molar-refractivity contribution in [1.29, 1.82) is 0 Å². The van der Waals surface area contributed by atoms with E-state index in [9.17, 15) is 9.59 Å². The van der Waals surface area contributed by atoms with Gasteiger partial charge in [0.05, 0.1) is 0 Å². The number of ether oxygens (including phenoxy) is 1. The van der Waals surface area contributed by atoms with E-state index in [1.165, 1.54) is 0 Å².